The maximum absolute atomic E-state index is 14.5. The van der Waals surface area contributed by atoms with Gasteiger partial charge >= 0.3 is 0 Å². The van der Waals surface area contributed by atoms with E-state index in [9.17, 15) is 22.4 Å². The minimum Gasteiger partial charge on any atom is -0.486 e. The van der Waals surface area contributed by atoms with Gasteiger partial charge in [0.2, 0.25) is 11.8 Å². The maximum atomic E-state index is 14.5. The average molecular weight is 701 g/mol. The molecule has 5 rings (SSSR count). The third-order valence-electron chi connectivity index (χ3n) is 7.45. The normalized spacial score (nSPS) is 13.0. The number of amides is 2. The molecule has 4 aromatic rings. The van der Waals surface area contributed by atoms with Crippen LogP contribution in [0.2, 0.25) is 10.0 Å². The summed E-state index contributed by atoms with van der Waals surface area (Å²) in [6.45, 7) is 1.82. The third kappa shape index (κ3) is 8.16. The standard InChI is InChI=1S/C34H32Cl2FN3O6S/c1-2-38-34(42)30(19-23-6-4-3-5-7-23)39(21-24-8-14-28(35)29(36)18-24)33(41)22-40(26-11-9-25(37)10-12-26)47(43,44)27-13-15-31-32(20-27)46-17-16-45-31/h3-15,18,20,30H,2,16-17,19,21-22H2,1H3,(H,38,42). The molecule has 9 nitrogen and oxygen atoms in total. The van der Waals surface area contributed by atoms with Gasteiger partial charge in [0.1, 0.15) is 31.6 Å². The van der Waals surface area contributed by atoms with Crippen molar-refractivity contribution in [2.75, 3.05) is 30.6 Å². The van der Waals surface area contributed by atoms with E-state index in [1.165, 1.54) is 35.2 Å². The summed E-state index contributed by atoms with van der Waals surface area (Å²) in [6.07, 6.45) is 0.144. The van der Waals surface area contributed by atoms with Crippen LogP contribution in [0.3, 0.4) is 0 Å². The number of likely N-dealkylation sites (N-methyl/N-ethyl adjacent to an activating group) is 1. The summed E-state index contributed by atoms with van der Waals surface area (Å²) in [6, 6.07) is 21.9. The van der Waals surface area contributed by atoms with Crippen molar-refractivity contribution < 1.29 is 31.9 Å². The molecular weight excluding hydrogens is 668 g/mol. The molecule has 0 saturated heterocycles. The van der Waals surface area contributed by atoms with Crippen LogP contribution < -0.4 is 19.1 Å². The number of nitrogens with one attached hydrogen (secondary N) is 1. The molecular formula is C34H32Cl2FN3O6S. The average Bonchev–Trinajstić information content (AvgIpc) is 3.07. The lowest BCUT2D eigenvalue weighted by Gasteiger charge is -2.34. The Bertz CT molecular complexity index is 1840. The van der Waals surface area contributed by atoms with Gasteiger partial charge in [0.15, 0.2) is 11.5 Å². The van der Waals surface area contributed by atoms with Crippen molar-refractivity contribution in [2.45, 2.75) is 30.8 Å². The zero-order valence-corrected chi connectivity index (χ0v) is 27.7. The van der Waals surface area contributed by atoms with Crippen molar-refractivity contribution in [1.82, 2.24) is 10.2 Å². The fourth-order valence-corrected chi connectivity index (χ4v) is 6.88. The lowest BCUT2D eigenvalue weighted by atomic mass is 10.0. The van der Waals surface area contributed by atoms with Crippen LogP contribution in [-0.4, -0.2) is 57.5 Å². The van der Waals surface area contributed by atoms with E-state index < -0.39 is 40.2 Å². The van der Waals surface area contributed by atoms with E-state index in [0.717, 1.165) is 22.0 Å². The van der Waals surface area contributed by atoms with Gasteiger partial charge in [-0.25, -0.2) is 12.8 Å². The van der Waals surface area contributed by atoms with E-state index in [-0.39, 0.29) is 40.9 Å². The number of benzene rings is 4. The Hall–Kier alpha value is -4.32. The first-order valence-corrected chi connectivity index (χ1v) is 17.0. The molecule has 1 heterocycles. The molecule has 0 aliphatic carbocycles. The van der Waals surface area contributed by atoms with Gasteiger partial charge in [0, 0.05) is 25.6 Å². The predicted molar refractivity (Wildman–Crippen MR) is 178 cm³/mol. The molecule has 13 heteroatoms. The Morgan fingerprint density at radius 2 is 1.57 bits per heavy atom. The number of rotatable bonds is 12. The summed E-state index contributed by atoms with van der Waals surface area (Å²) < 4.78 is 54.5. The Balaban J connectivity index is 1.57. The quantitative estimate of drug-likeness (QED) is 0.198. The van der Waals surface area contributed by atoms with E-state index in [4.69, 9.17) is 32.7 Å². The Morgan fingerprint density at radius 1 is 0.872 bits per heavy atom. The summed E-state index contributed by atoms with van der Waals surface area (Å²) in [4.78, 5) is 29.2. The summed E-state index contributed by atoms with van der Waals surface area (Å²) in [5.74, 6) is -1.07. The van der Waals surface area contributed by atoms with E-state index in [2.05, 4.69) is 5.32 Å². The van der Waals surface area contributed by atoms with E-state index in [1.807, 2.05) is 30.3 Å². The van der Waals surface area contributed by atoms with Gasteiger partial charge in [-0.3, -0.25) is 13.9 Å². The maximum Gasteiger partial charge on any atom is 0.264 e. The van der Waals surface area contributed by atoms with Crippen molar-refractivity contribution >= 4 is 50.7 Å². The van der Waals surface area contributed by atoms with Crippen LogP contribution in [0.15, 0.2) is 95.9 Å². The van der Waals surface area contributed by atoms with E-state index >= 15 is 0 Å². The van der Waals surface area contributed by atoms with Crippen LogP contribution in [0, 0.1) is 5.82 Å². The lowest BCUT2D eigenvalue weighted by molar-refractivity contribution is -0.140. The van der Waals surface area contributed by atoms with Gasteiger partial charge in [0.25, 0.3) is 10.0 Å². The molecule has 4 aromatic carbocycles. The fraction of sp³-hybridized carbons (Fsp3) is 0.235. The number of fused-ring (bicyclic) bond motifs is 1. The van der Waals surface area contributed by atoms with Crippen molar-refractivity contribution in [2.24, 2.45) is 0 Å². The second-order valence-electron chi connectivity index (χ2n) is 10.7. The predicted octanol–water partition coefficient (Wildman–Crippen LogP) is 5.88. The number of hydrogen-bond acceptors (Lipinski definition) is 6. The van der Waals surface area contributed by atoms with Gasteiger partial charge in [-0.15, -0.1) is 0 Å². The molecule has 1 atom stereocenters. The number of carbonyl (C=O) groups is 2. The molecule has 0 fully saturated rings. The highest BCUT2D eigenvalue weighted by molar-refractivity contribution is 7.92. The number of carbonyl (C=O) groups excluding carboxylic acids is 2. The number of hydrogen-bond donors (Lipinski definition) is 1. The summed E-state index contributed by atoms with van der Waals surface area (Å²) in [7, 11) is -4.44. The SMILES string of the molecule is CCNC(=O)C(Cc1ccccc1)N(Cc1ccc(Cl)c(Cl)c1)C(=O)CN(c1ccc(F)cc1)S(=O)(=O)c1ccc2c(c1)OCCO2. The Morgan fingerprint density at radius 3 is 2.26 bits per heavy atom. The van der Waals surface area contributed by atoms with Crippen LogP contribution in [0.5, 0.6) is 11.5 Å². The minimum absolute atomic E-state index is 0.0433. The largest absolute Gasteiger partial charge is 0.486 e. The number of ether oxygens (including phenoxy) is 2. The molecule has 0 saturated carbocycles. The van der Waals surface area contributed by atoms with Crippen molar-refractivity contribution in [3.05, 3.63) is 118 Å². The summed E-state index contributed by atoms with van der Waals surface area (Å²) in [5.41, 5.74) is 1.40. The molecule has 1 N–H and O–H groups in total. The molecule has 0 radical (unpaired) electrons. The first-order valence-electron chi connectivity index (χ1n) is 14.8. The van der Waals surface area contributed by atoms with Gasteiger partial charge in [0.05, 0.1) is 20.6 Å². The highest BCUT2D eigenvalue weighted by atomic mass is 35.5. The Labute approximate surface area is 282 Å². The van der Waals surface area contributed by atoms with Crippen LogP contribution in [0.1, 0.15) is 18.1 Å². The van der Waals surface area contributed by atoms with E-state index in [1.54, 1.807) is 25.1 Å². The lowest BCUT2D eigenvalue weighted by Crippen LogP contribution is -2.53. The van der Waals surface area contributed by atoms with Gasteiger partial charge in [-0.2, -0.15) is 0 Å². The zero-order valence-electron chi connectivity index (χ0n) is 25.4. The second-order valence-corrected chi connectivity index (χ2v) is 13.3. The third-order valence-corrected chi connectivity index (χ3v) is 9.96. The number of sulfonamides is 1. The zero-order chi connectivity index (χ0) is 33.6. The molecule has 1 unspecified atom stereocenters. The summed E-state index contributed by atoms with van der Waals surface area (Å²) >= 11 is 12.5. The minimum atomic E-state index is -4.44. The van der Waals surface area contributed by atoms with Crippen LogP contribution in [-0.2, 0) is 32.6 Å². The van der Waals surface area contributed by atoms with Crippen molar-refractivity contribution in [3.63, 3.8) is 0 Å². The monoisotopic (exact) mass is 699 g/mol. The molecule has 0 bridgehead atoms. The molecule has 0 aromatic heterocycles. The highest BCUT2D eigenvalue weighted by Crippen LogP contribution is 2.34. The van der Waals surface area contributed by atoms with Crippen LogP contribution in [0.25, 0.3) is 0 Å². The van der Waals surface area contributed by atoms with Gasteiger partial charge < -0.3 is 19.7 Å². The van der Waals surface area contributed by atoms with E-state index in [0.29, 0.717) is 29.5 Å². The summed E-state index contributed by atoms with van der Waals surface area (Å²) in [5, 5.41) is 3.37. The van der Waals surface area contributed by atoms with Crippen LogP contribution in [0.4, 0.5) is 10.1 Å². The highest BCUT2D eigenvalue weighted by Gasteiger charge is 2.35. The van der Waals surface area contributed by atoms with Gasteiger partial charge in [-0.05, 0) is 66.6 Å². The molecule has 1 aliphatic rings. The number of nitrogens with zero attached hydrogens (tertiary/aromatic N) is 2. The molecule has 0 spiro atoms. The molecule has 246 valence electrons. The Kier molecular flexibility index (Phi) is 10.9. The molecule has 47 heavy (non-hydrogen) atoms. The second kappa shape index (κ2) is 15.1. The topological polar surface area (TPSA) is 105 Å². The van der Waals surface area contributed by atoms with Crippen LogP contribution >= 0.6 is 23.2 Å². The number of halogens is 3. The number of anilines is 1. The van der Waals surface area contributed by atoms with Crippen molar-refractivity contribution in [3.8, 4) is 11.5 Å². The smallest absolute Gasteiger partial charge is 0.264 e. The van der Waals surface area contributed by atoms with Crippen molar-refractivity contribution in [1.29, 1.82) is 0 Å². The fourth-order valence-electron chi connectivity index (χ4n) is 5.13. The first-order chi connectivity index (χ1) is 22.6. The first kappa shape index (κ1) is 34.0. The molecule has 1 aliphatic heterocycles. The molecule has 2 amide bonds. The van der Waals surface area contributed by atoms with Gasteiger partial charge in [-0.1, -0.05) is 59.6 Å².